The van der Waals surface area contributed by atoms with Gasteiger partial charge >= 0.3 is 6.09 Å². The number of benzene rings is 3. The molecule has 0 fully saturated rings. The van der Waals surface area contributed by atoms with Crippen LogP contribution < -0.4 is 10.6 Å². The maximum absolute atomic E-state index is 13.7. The summed E-state index contributed by atoms with van der Waals surface area (Å²) < 4.78 is 5.25. The van der Waals surface area contributed by atoms with Crippen LogP contribution in [0.15, 0.2) is 66.7 Å². The molecule has 3 N–H and O–H groups in total. The van der Waals surface area contributed by atoms with Crippen LogP contribution in [-0.2, 0) is 20.7 Å². The van der Waals surface area contributed by atoms with E-state index in [2.05, 4.69) is 10.6 Å². The second-order valence-electron chi connectivity index (χ2n) is 10.1. The van der Waals surface area contributed by atoms with E-state index in [9.17, 15) is 19.5 Å². The van der Waals surface area contributed by atoms with Crippen molar-refractivity contribution in [3.05, 3.63) is 77.9 Å². The Balaban J connectivity index is 1.93. The Morgan fingerprint density at radius 1 is 0.947 bits per heavy atom. The van der Waals surface area contributed by atoms with Crippen LogP contribution in [-0.4, -0.2) is 52.7 Å². The van der Waals surface area contributed by atoms with Crippen LogP contribution in [0.2, 0.25) is 0 Å². The van der Waals surface area contributed by atoms with Gasteiger partial charge in [0.05, 0.1) is 6.61 Å². The molecular weight excluding hydrogens is 482 g/mol. The minimum Gasteiger partial charge on any atom is -0.444 e. The first kappa shape index (κ1) is 28.7. The molecule has 0 bridgehead atoms. The van der Waals surface area contributed by atoms with Crippen molar-refractivity contribution in [2.45, 2.75) is 58.7 Å². The normalized spacial score (nSPS) is 12.9. The van der Waals surface area contributed by atoms with Gasteiger partial charge in [-0.15, -0.1) is 0 Å². The van der Waals surface area contributed by atoms with Crippen molar-refractivity contribution < 1.29 is 24.2 Å². The number of amides is 3. The maximum atomic E-state index is 13.7. The fraction of sp³-hybridized carbons (Fsp3) is 0.367. The zero-order valence-electron chi connectivity index (χ0n) is 22.7. The molecule has 38 heavy (non-hydrogen) atoms. The number of aliphatic hydroxyl groups is 1. The summed E-state index contributed by atoms with van der Waals surface area (Å²) in [6.45, 7) is 8.40. The SMILES string of the molecule is CCc1ccc(C(C(=O)Nc2ccc3ccccc3c2)N(CC)C(=O)C(CO)NC(=O)OC(C)(C)C)cc1. The Hall–Kier alpha value is -3.91. The molecule has 3 aromatic carbocycles. The van der Waals surface area contributed by atoms with E-state index in [-0.39, 0.29) is 6.54 Å². The zero-order chi connectivity index (χ0) is 27.9. The Labute approximate surface area is 224 Å². The van der Waals surface area contributed by atoms with Crippen LogP contribution in [0.3, 0.4) is 0 Å². The Morgan fingerprint density at radius 2 is 1.61 bits per heavy atom. The summed E-state index contributed by atoms with van der Waals surface area (Å²) in [7, 11) is 0. The molecule has 0 aliphatic carbocycles. The number of hydrogen-bond donors (Lipinski definition) is 3. The van der Waals surface area contributed by atoms with E-state index < -0.39 is 42.2 Å². The van der Waals surface area contributed by atoms with Gasteiger partial charge in [0.15, 0.2) is 0 Å². The summed E-state index contributed by atoms with van der Waals surface area (Å²) in [6, 6.07) is 18.7. The van der Waals surface area contributed by atoms with Gasteiger partial charge in [0.25, 0.3) is 5.91 Å². The molecule has 0 aromatic heterocycles. The van der Waals surface area contributed by atoms with Gasteiger partial charge in [0.1, 0.15) is 17.7 Å². The van der Waals surface area contributed by atoms with Gasteiger partial charge in [-0.25, -0.2) is 4.79 Å². The molecule has 8 nitrogen and oxygen atoms in total. The van der Waals surface area contributed by atoms with Crippen LogP contribution in [0, 0.1) is 0 Å². The monoisotopic (exact) mass is 519 g/mol. The lowest BCUT2D eigenvalue weighted by atomic mass is 10.0. The fourth-order valence-electron chi connectivity index (χ4n) is 4.19. The highest BCUT2D eigenvalue weighted by atomic mass is 16.6. The van der Waals surface area contributed by atoms with Crippen molar-refractivity contribution in [2.75, 3.05) is 18.5 Å². The summed E-state index contributed by atoms with van der Waals surface area (Å²) >= 11 is 0. The number of nitrogens with one attached hydrogen (secondary N) is 2. The van der Waals surface area contributed by atoms with Crippen LogP contribution in [0.1, 0.15) is 51.8 Å². The number of likely N-dealkylation sites (N-methyl/N-ethyl adjacent to an activating group) is 1. The predicted octanol–water partition coefficient (Wildman–Crippen LogP) is 4.82. The number of aliphatic hydroxyl groups excluding tert-OH is 1. The number of nitrogens with zero attached hydrogens (tertiary/aromatic N) is 1. The molecule has 3 amide bonds. The Kier molecular flexibility index (Phi) is 9.47. The molecule has 0 aliphatic heterocycles. The number of rotatable bonds is 9. The van der Waals surface area contributed by atoms with Gasteiger partial charge in [-0.2, -0.15) is 0 Å². The first-order valence-corrected chi connectivity index (χ1v) is 12.9. The molecular formula is C30H37N3O5. The number of hydrogen-bond acceptors (Lipinski definition) is 5. The third-order valence-electron chi connectivity index (χ3n) is 6.08. The number of fused-ring (bicyclic) bond motifs is 1. The van der Waals surface area contributed by atoms with E-state index in [1.807, 2.05) is 73.7 Å². The number of ether oxygens (including phenoxy) is 1. The highest BCUT2D eigenvalue weighted by molar-refractivity contribution is 6.00. The molecule has 3 rings (SSSR count). The number of aryl methyl sites for hydroxylation is 1. The zero-order valence-corrected chi connectivity index (χ0v) is 22.7. The van der Waals surface area contributed by atoms with Gasteiger partial charge in [-0.05, 0) is 68.1 Å². The number of carbonyl (C=O) groups excluding carboxylic acids is 3. The smallest absolute Gasteiger partial charge is 0.408 e. The van der Waals surface area contributed by atoms with Crippen molar-refractivity contribution in [1.82, 2.24) is 10.2 Å². The molecule has 8 heteroatoms. The van der Waals surface area contributed by atoms with Gasteiger partial charge in [-0.3, -0.25) is 9.59 Å². The van der Waals surface area contributed by atoms with Crippen molar-refractivity contribution >= 4 is 34.4 Å². The van der Waals surface area contributed by atoms with Crippen molar-refractivity contribution in [2.24, 2.45) is 0 Å². The second kappa shape index (κ2) is 12.6. The fourth-order valence-corrected chi connectivity index (χ4v) is 4.19. The highest BCUT2D eigenvalue weighted by Gasteiger charge is 2.35. The molecule has 0 saturated carbocycles. The van der Waals surface area contributed by atoms with Crippen molar-refractivity contribution in [3.63, 3.8) is 0 Å². The Morgan fingerprint density at radius 3 is 2.18 bits per heavy atom. The molecule has 202 valence electrons. The lowest BCUT2D eigenvalue weighted by Gasteiger charge is -2.33. The molecule has 0 heterocycles. The summed E-state index contributed by atoms with van der Waals surface area (Å²) in [4.78, 5) is 41.0. The van der Waals surface area contributed by atoms with E-state index in [1.165, 1.54) is 4.90 Å². The molecule has 0 spiro atoms. The lowest BCUT2D eigenvalue weighted by Crippen LogP contribution is -2.53. The first-order chi connectivity index (χ1) is 18.1. The van der Waals surface area contributed by atoms with Gasteiger partial charge in [0.2, 0.25) is 5.91 Å². The van der Waals surface area contributed by atoms with Crippen molar-refractivity contribution in [3.8, 4) is 0 Å². The third-order valence-corrected chi connectivity index (χ3v) is 6.08. The largest absolute Gasteiger partial charge is 0.444 e. The average Bonchev–Trinajstić information content (AvgIpc) is 2.89. The van der Waals surface area contributed by atoms with E-state index in [1.54, 1.807) is 27.7 Å². The summed E-state index contributed by atoms with van der Waals surface area (Å²) in [6.07, 6.45) is 0.00209. The summed E-state index contributed by atoms with van der Waals surface area (Å²) in [5.74, 6) is -1.01. The number of alkyl carbamates (subject to hydrolysis) is 1. The minimum absolute atomic E-state index is 0.163. The lowest BCUT2D eigenvalue weighted by molar-refractivity contribution is -0.141. The second-order valence-corrected chi connectivity index (χ2v) is 10.1. The van der Waals surface area contributed by atoms with Gasteiger partial charge in [-0.1, -0.05) is 61.5 Å². The first-order valence-electron chi connectivity index (χ1n) is 12.9. The Bertz CT molecular complexity index is 1270. The molecule has 2 atom stereocenters. The molecule has 3 aromatic rings. The molecule has 2 unspecified atom stereocenters. The maximum Gasteiger partial charge on any atom is 0.408 e. The standard InChI is InChI=1S/C30H37N3O5/c1-6-20-12-14-22(15-13-20)26(27(35)31-24-17-16-21-10-8-9-11-23(21)18-24)33(7-2)28(36)25(19-34)32-29(37)38-30(3,4)5/h8-18,25-26,34H,6-7,19H2,1-5H3,(H,31,35)(H,32,37). The van der Waals surface area contributed by atoms with Crippen LogP contribution in [0.4, 0.5) is 10.5 Å². The van der Waals surface area contributed by atoms with Crippen LogP contribution >= 0.6 is 0 Å². The number of anilines is 1. The van der Waals surface area contributed by atoms with E-state index in [0.29, 0.717) is 11.3 Å². The number of carbonyl (C=O) groups is 3. The average molecular weight is 520 g/mol. The van der Waals surface area contributed by atoms with E-state index in [4.69, 9.17) is 4.74 Å². The van der Waals surface area contributed by atoms with Gasteiger partial charge in [0, 0.05) is 12.2 Å². The van der Waals surface area contributed by atoms with E-state index >= 15 is 0 Å². The quantitative estimate of drug-likeness (QED) is 0.376. The molecule has 0 aliphatic rings. The summed E-state index contributed by atoms with van der Waals surface area (Å²) in [5, 5.41) is 17.4. The topological polar surface area (TPSA) is 108 Å². The highest BCUT2D eigenvalue weighted by Crippen LogP contribution is 2.26. The van der Waals surface area contributed by atoms with Crippen LogP contribution in [0.25, 0.3) is 10.8 Å². The van der Waals surface area contributed by atoms with E-state index in [0.717, 1.165) is 22.8 Å². The predicted molar refractivity (Wildman–Crippen MR) is 149 cm³/mol. The summed E-state index contributed by atoms with van der Waals surface area (Å²) in [5.41, 5.74) is 1.53. The van der Waals surface area contributed by atoms with Crippen LogP contribution in [0.5, 0.6) is 0 Å². The minimum atomic E-state index is -1.28. The van der Waals surface area contributed by atoms with Crippen molar-refractivity contribution in [1.29, 1.82) is 0 Å². The molecule has 0 radical (unpaired) electrons. The van der Waals surface area contributed by atoms with Gasteiger partial charge < -0.3 is 25.4 Å². The third kappa shape index (κ3) is 7.32. The molecule has 0 saturated heterocycles.